The van der Waals surface area contributed by atoms with Crippen molar-refractivity contribution in [1.82, 2.24) is 10.1 Å². The van der Waals surface area contributed by atoms with E-state index in [9.17, 15) is 4.79 Å². The summed E-state index contributed by atoms with van der Waals surface area (Å²) in [5.74, 6) is 2.09. The molecule has 0 radical (unpaired) electrons. The maximum Gasteiger partial charge on any atom is 0.241 e. The van der Waals surface area contributed by atoms with Crippen molar-refractivity contribution in [2.75, 3.05) is 5.32 Å². The Morgan fingerprint density at radius 2 is 1.90 bits per heavy atom. The predicted molar refractivity (Wildman–Crippen MR) is 111 cm³/mol. The summed E-state index contributed by atoms with van der Waals surface area (Å²) in [6.45, 7) is 0.240. The van der Waals surface area contributed by atoms with Crippen LogP contribution in [0.4, 0.5) is 5.69 Å². The molecule has 1 aliphatic carbocycles. The number of hydrogen-bond acceptors (Lipinski definition) is 6. The third kappa shape index (κ3) is 5.79. The van der Waals surface area contributed by atoms with Gasteiger partial charge < -0.3 is 20.3 Å². The van der Waals surface area contributed by atoms with E-state index in [1.54, 1.807) is 24.3 Å². The Labute approximate surface area is 175 Å². The average Bonchev–Trinajstić information content (AvgIpc) is 3.46. The van der Waals surface area contributed by atoms with E-state index in [1.807, 2.05) is 30.3 Å². The smallest absolute Gasteiger partial charge is 0.241 e. The Morgan fingerprint density at radius 3 is 2.59 bits per heavy atom. The molecule has 0 saturated heterocycles. The summed E-state index contributed by atoms with van der Waals surface area (Å²) in [6, 6.07) is 16.2. The third-order valence-electron chi connectivity index (χ3n) is 4.54. The number of aromatic nitrogens is 2. The van der Waals surface area contributed by atoms with E-state index >= 15 is 0 Å². The van der Waals surface area contributed by atoms with Gasteiger partial charge >= 0.3 is 0 Å². The lowest BCUT2D eigenvalue weighted by Gasteiger charge is -2.13. The van der Waals surface area contributed by atoms with Gasteiger partial charge in [-0.25, -0.2) is 0 Å². The highest BCUT2D eigenvalue weighted by atomic mass is 35.5. The number of anilines is 1. The molecular formula is C21H23ClN4O3. The molecule has 1 fully saturated rings. The van der Waals surface area contributed by atoms with Crippen LogP contribution in [-0.4, -0.2) is 22.1 Å². The fraction of sp³-hybridized carbons (Fsp3) is 0.286. The molecule has 152 valence electrons. The fourth-order valence-electron chi connectivity index (χ4n) is 2.80. The van der Waals surface area contributed by atoms with Gasteiger partial charge in [-0.15, -0.1) is 12.4 Å². The van der Waals surface area contributed by atoms with Crippen LogP contribution in [0, 0.1) is 0 Å². The van der Waals surface area contributed by atoms with Gasteiger partial charge in [0.15, 0.2) is 6.61 Å². The van der Waals surface area contributed by atoms with E-state index in [-0.39, 0.29) is 24.9 Å². The summed E-state index contributed by atoms with van der Waals surface area (Å²) in [5, 5.41) is 6.75. The van der Waals surface area contributed by atoms with Crippen LogP contribution in [0.1, 0.15) is 36.0 Å². The molecule has 1 aliphatic rings. The number of halogens is 1. The number of nitrogens with one attached hydrogen (secondary N) is 1. The standard InChI is InChI=1S/C21H22N4O3.ClH/c22-18(12-14-4-2-1-3-5-14)20(26)23-16-8-10-17(11-9-16)27-13-19-24-21(28-25-19)15-6-7-15;/h1-5,8-11,15,18H,6-7,12-13,22H2,(H,23,26);1H/t18-;/m0./s1. The molecule has 1 heterocycles. The second-order valence-corrected chi connectivity index (χ2v) is 6.92. The average molecular weight is 415 g/mol. The van der Waals surface area contributed by atoms with Crippen LogP contribution < -0.4 is 15.8 Å². The molecule has 0 bridgehead atoms. The minimum absolute atomic E-state index is 0. The first kappa shape index (κ1) is 20.8. The Balaban J connectivity index is 0.00000240. The minimum Gasteiger partial charge on any atom is -0.485 e. The van der Waals surface area contributed by atoms with E-state index in [0.717, 1.165) is 18.4 Å². The highest BCUT2D eigenvalue weighted by Crippen LogP contribution is 2.38. The maximum atomic E-state index is 12.3. The number of carbonyl (C=O) groups excluding carboxylic acids is 1. The SMILES string of the molecule is Cl.N[C@@H](Cc1ccccc1)C(=O)Nc1ccc(OCc2noc(C3CC3)n2)cc1. The van der Waals surface area contributed by atoms with Gasteiger partial charge in [0.05, 0.1) is 6.04 Å². The molecule has 0 aliphatic heterocycles. The Morgan fingerprint density at radius 1 is 1.17 bits per heavy atom. The molecule has 1 aromatic heterocycles. The topological polar surface area (TPSA) is 103 Å². The largest absolute Gasteiger partial charge is 0.485 e. The molecular weight excluding hydrogens is 392 g/mol. The normalized spacial score (nSPS) is 14.0. The molecule has 2 aromatic carbocycles. The van der Waals surface area contributed by atoms with Crippen molar-refractivity contribution in [2.45, 2.75) is 37.8 Å². The molecule has 0 spiro atoms. The van der Waals surface area contributed by atoms with E-state index in [4.69, 9.17) is 15.0 Å². The van der Waals surface area contributed by atoms with Gasteiger partial charge in [-0.1, -0.05) is 35.5 Å². The number of hydrogen-bond donors (Lipinski definition) is 2. The van der Waals surface area contributed by atoms with Gasteiger partial charge in [0.2, 0.25) is 17.6 Å². The van der Waals surface area contributed by atoms with Gasteiger partial charge in [-0.05, 0) is 49.1 Å². The zero-order valence-corrected chi connectivity index (χ0v) is 16.6. The second-order valence-electron chi connectivity index (χ2n) is 6.92. The lowest BCUT2D eigenvalue weighted by Crippen LogP contribution is -2.37. The highest BCUT2D eigenvalue weighted by molar-refractivity contribution is 5.94. The Kier molecular flexibility index (Phi) is 6.85. The lowest BCUT2D eigenvalue weighted by molar-refractivity contribution is -0.117. The van der Waals surface area contributed by atoms with Crippen LogP contribution >= 0.6 is 12.4 Å². The van der Waals surface area contributed by atoms with E-state index < -0.39 is 6.04 Å². The number of nitrogens with two attached hydrogens (primary N) is 1. The molecule has 3 N–H and O–H groups in total. The van der Waals surface area contributed by atoms with Crippen molar-refractivity contribution >= 4 is 24.0 Å². The number of ether oxygens (including phenoxy) is 1. The van der Waals surface area contributed by atoms with E-state index in [2.05, 4.69) is 15.5 Å². The maximum absolute atomic E-state index is 12.3. The summed E-state index contributed by atoms with van der Waals surface area (Å²) in [7, 11) is 0. The van der Waals surface area contributed by atoms with Crippen LogP contribution in [-0.2, 0) is 17.8 Å². The van der Waals surface area contributed by atoms with Crippen molar-refractivity contribution in [2.24, 2.45) is 5.73 Å². The molecule has 4 rings (SSSR count). The van der Waals surface area contributed by atoms with E-state index in [0.29, 0.717) is 35.5 Å². The Bertz CT molecular complexity index is 927. The first-order valence-electron chi connectivity index (χ1n) is 9.33. The number of carbonyl (C=O) groups is 1. The Hall–Kier alpha value is -2.90. The van der Waals surface area contributed by atoms with Gasteiger partial charge in [0.1, 0.15) is 5.75 Å². The van der Waals surface area contributed by atoms with Gasteiger partial charge in [0, 0.05) is 11.6 Å². The number of amides is 1. The van der Waals surface area contributed by atoms with Gasteiger partial charge in [0.25, 0.3) is 0 Å². The van der Waals surface area contributed by atoms with E-state index in [1.165, 1.54) is 0 Å². The molecule has 1 amide bonds. The first-order chi connectivity index (χ1) is 13.7. The zero-order chi connectivity index (χ0) is 19.3. The van der Waals surface area contributed by atoms with Crippen molar-refractivity contribution in [3.8, 4) is 5.75 Å². The number of rotatable bonds is 8. The van der Waals surface area contributed by atoms with Crippen LogP contribution in [0.15, 0.2) is 59.1 Å². The molecule has 1 atom stereocenters. The zero-order valence-electron chi connectivity index (χ0n) is 15.8. The summed E-state index contributed by atoms with van der Waals surface area (Å²) in [5.41, 5.74) is 7.70. The van der Waals surface area contributed by atoms with Crippen LogP contribution in [0.2, 0.25) is 0 Å². The molecule has 3 aromatic rings. The summed E-state index contributed by atoms with van der Waals surface area (Å²) in [6.07, 6.45) is 2.72. The first-order valence-corrected chi connectivity index (χ1v) is 9.33. The van der Waals surface area contributed by atoms with Crippen LogP contribution in [0.3, 0.4) is 0 Å². The van der Waals surface area contributed by atoms with Crippen molar-refractivity contribution < 1.29 is 14.1 Å². The minimum atomic E-state index is -0.614. The molecule has 7 nitrogen and oxygen atoms in total. The lowest BCUT2D eigenvalue weighted by atomic mass is 10.1. The fourth-order valence-corrected chi connectivity index (χ4v) is 2.80. The number of nitrogens with zero attached hydrogens (tertiary/aromatic N) is 2. The van der Waals surface area contributed by atoms with Crippen molar-refractivity contribution in [1.29, 1.82) is 0 Å². The summed E-state index contributed by atoms with van der Waals surface area (Å²) >= 11 is 0. The van der Waals surface area contributed by atoms with Gasteiger partial charge in [-0.2, -0.15) is 4.98 Å². The quantitative estimate of drug-likeness (QED) is 0.585. The third-order valence-corrected chi connectivity index (χ3v) is 4.54. The molecule has 29 heavy (non-hydrogen) atoms. The summed E-state index contributed by atoms with van der Waals surface area (Å²) in [4.78, 5) is 16.6. The van der Waals surface area contributed by atoms with Gasteiger partial charge in [-0.3, -0.25) is 4.79 Å². The van der Waals surface area contributed by atoms with Crippen LogP contribution in [0.25, 0.3) is 0 Å². The molecule has 1 saturated carbocycles. The van der Waals surface area contributed by atoms with Crippen molar-refractivity contribution in [3.63, 3.8) is 0 Å². The monoisotopic (exact) mass is 414 g/mol. The summed E-state index contributed by atoms with van der Waals surface area (Å²) < 4.78 is 10.9. The highest BCUT2D eigenvalue weighted by Gasteiger charge is 2.29. The van der Waals surface area contributed by atoms with Crippen molar-refractivity contribution in [3.05, 3.63) is 71.9 Å². The number of benzene rings is 2. The second kappa shape index (κ2) is 9.54. The molecule has 8 heteroatoms. The molecule has 0 unspecified atom stereocenters. The predicted octanol–water partition coefficient (Wildman–Crippen LogP) is 3.46. The van der Waals surface area contributed by atoms with Crippen LogP contribution in [0.5, 0.6) is 5.75 Å².